The number of halogens is 4. The van der Waals surface area contributed by atoms with Gasteiger partial charge in [-0.05, 0) is 120 Å². The van der Waals surface area contributed by atoms with Gasteiger partial charge in [0.15, 0.2) is 0 Å². The zero-order valence-corrected chi connectivity index (χ0v) is 60.9. The van der Waals surface area contributed by atoms with Crippen LogP contribution in [0.25, 0.3) is 0 Å². The average Bonchev–Trinajstić information content (AvgIpc) is 1.76. The fraction of sp³-hybridized carbons (Fsp3) is 0.803. The van der Waals surface area contributed by atoms with Crippen LogP contribution in [0.4, 0.5) is 13.2 Å². The number of hydrogen-bond acceptors (Lipinski definition) is 12. The summed E-state index contributed by atoms with van der Waals surface area (Å²) in [5.41, 5.74) is -1.58. The van der Waals surface area contributed by atoms with Crippen molar-refractivity contribution in [3.8, 4) is 12.3 Å². The van der Waals surface area contributed by atoms with Gasteiger partial charge < -0.3 is 60.0 Å². The molecule has 7 rings (SSSR count). The second-order valence-electron chi connectivity index (χ2n) is 29.8. The molecule has 7 aliphatic rings. The molecule has 0 aromatic heterocycles. The normalized spacial score (nSPS) is 31.0. The summed E-state index contributed by atoms with van der Waals surface area (Å²) in [5, 5.41) is 7.47. The lowest BCUT2D eigenvalue weighted by atomic mass is 9.78. The van der Waals surface area contributed by atoms with E-state index in [4.69, 9.17) is 18.0 Å². The van der Waals surface area contributed by atoms with Gasteiger partial charge >= 0.3 is 6.18 Å². The lowest BCUT2D eigenvalue weighted by Gasteiger charge is -2.45. The van der Waals surface area contributed by atoms with E-state index >= 15 is 19.2 Å². The van der Waals surface area contributed by atoms with Crippen LogP contribution in [0.5, 0.6) is 0 Å². The number of nitrogens with zero attached hydrogens (tertiary/aromatic N) is 9. The minimum atomic E-state index is -4.51. The Morgan fingerprint density at radius 1 is 0.636 bits per heavy atom. The molecule has 0 aromatic carbocycles. The number of rotatable bonds is 10. The highest BCUT2D eigenvalue weighted by Crippen LogP contribution is 2.44. The topological polar surface area (TPSA) is 270 Å². The van der Waals surface area contributed by atoms with E-state index in [1.165, 1.54) is 78.6 Å². The molecule has 4 aliphatic heterocycles. The van der Waals surface area contributed by atoms with E-state index in [0.29, 0.717) is 51.6 Å². The number of hydrogen-bond donors (Lipinski definition) is 3. The van der Waals surface area contributed by atoms with Gasteiger partial charge in [0.05, 0.1) is 18.9 Å². The predicted molar refractivity (Wildman–Crippen MR) is 364 cm³/mol. The van der Waals surface area contributed by atoms with E-state index in [-0.39, 0.29) is 95.6 Å². The van der Waals surface area contributed by atoms with Crippen LogP contribution in [0.2, 0.25) is 0 Å². The van der Waals surface area contributed by atoms with E-state index in [1.54, 1.807) is 25.7 Å². The van der Waals surface area contributed by atoms with Crippen LogP contribution in [-0.4, -0.2) is 261 Å². The molecule has 3 aliphatic carbocycles. The van der Waals surface area contributed by atoms with Crippen molar-refractivity contribution < 1.29 is 70.7 Å². The maximum atomic E-state index is 15.4. The van der Waals surface area contributed by atoms with E-state index in [1.807, 2.05) is 6.92 Å². The molecule has 24 nitrogen and oxygen atoms in total. The Labute approximate surface area is 587 Å². The molecule has 3 N–H and O–H groups in total. The summed E-state index contributed by atoms with van der Waals surface area (Å²) in [5.74, 6) is -8.58. The van der Waals surface area contributed by atoms with E-state index in [2.05, 4.69) is 21.9 Å². The quantitative estimate of drug-likeness (QED) is 0.191. The number of likely N-dealkylation sites (N-methyl/N-ethyl adjacent to an activating group) is 6. The van der Waals surface area contributed by atoms with Gasteiger partial charge in [-0.1, -0.05) is 79.1 Å². The number of nitrogens with one attached hydrogen (secondary N) is 3. The SMILES string of the molecule is C#CC[C@H]1C(=O)N[C@@H]([C@@H](C)CC)C(=O)N(C)[C@@H](C)C(=O)N2CC[C@H]2C(=O)N(C)[C@@H](CC2CCCCC2)C(=O)N(C)CC(=O)N[C@@H](CCC2CCC(C(F)(F)F)C(Cl)C2)C(=O)N2CCC[C@H]2C(=O)NC2(CCCC2)C(=O)N(C)[C@@H](C(C)C)C(=O)N(C)[C@H](C(=O)N2CCCCC2)CC(=O)N1C. The number of likely N-dealkylation sites (tertiary alicyclic amines) is 1. The van der Waals surface area contributed by atoms with Crippen LogP contribution >= 0.6 is 11.6 Å². The smallest absolute Gasteiger partial charge is 0.343 e. The van der Waals surface area contributed by atoms with Crippen LogP contribution < -0.4 is 16.0 Å². The molecule has 3 unspecified atom stereocenters. The third-order valence-corrected chi connectivity index (χ3v) is 23.4. The van der Waals surface area contributed by atoms with E-state index in [0.717, 1.165) is 48.3 Å². The summed E-state index contributed by atoms with van der Waals surface area (Å²) < 4.78 is 42.0. The minimum Gasteiger partial charge on any atom is -0.343 e. The van der Waals surface area contributed by atoms with Gasteiger partial charge in [-0.25, -0.2) is 0 Å². The molecule has 99 heavy (non-hydrogen) atoms. The number of piperidine rings is 1. The van der Waals surface area contributed by atoms with Crippen molar-refractivity contribution in [2.24, 2.45) is 29.6 Å². The molecule has 1 spiro atoms. The summed E-state index contributed by atoms with van der Waals surface area (Å²) >= 11 is 6.40. The van der Waals surface area contributed by atoms with Crippen LogP contribution in [0, 0.1) is 41.9 Å². The highest BCUT2D eigenvalue weighted by molar-refractivity contribution is 6.21. The van der Waals surface area contributed by atoms with Crippen molar-refractivity contribution in [2.45, 2.75) is 260 Å². The van der Waals surface area contributed by atoms with Crippen molar-refractivity contribution in [3.63, 3.8) is 0 Å². The molecule has 3 saturated carbocycles. The van der Waals surface area contributed by atoms with Gasteiger partial charge in [-0.2, -0.15) is 13.2 Å². The first-order valence-electron chi connectivity index (χ1n) is 36.2. The van der Waals surface area contributed by atoms with Gasteiger partial charge in [0.25, 0.3) is 0 Å². The number of carbonyl (C=O) groups excluding carboxylic acids is 12. The summed E-state index contributed by atoms with van der Waals surface area (Å²) in [7, 11) is 8.46. The zero-order valence-electron chi connectivity index (χ0n) is 60.2. The Balaban J connectivity index is 1.27. The lowest BCUT2D eigenvalue weighted by molar-refractivity contribution is -0.182. The predicted octanol–water partition coefficient (Wildman–Crippen LogP) is 5.07. The Morgan fingerprint density at radius 2 is 1.27 bits per heavy atom. The second kappa shape index (κ2) is 34.8. The molecule has 0 aromatic rings. The fourth-order valence-corrected chi connectivity index (χ4v) is 16.6. The Morgan fingerprint density at radius 3 is 1.86 bits per heavy atom. The van der Waals surface area contributed by atoms with Gasteiger partial charge in [0, 0.05) is 80.3 Å². The first kappa shape index (κ1) is 79.6. The number of carbonyl (C=O) groups is 12. The van der Waals surface area contributed by atoms with E-state index in [9.17, 15) is 51.5 Å². The first-order valence-corrected chi connectivity index (χ1v) is 36.7. The minimum absolute atomic E-state index is 0.00377. The third kappa shape index (κ3) is 18.7. The highest BCUT2D eigenvalue weighted by Gasteiger charge is 2.52. The van der Waals surface area contributed by atoms with Crippen molar-refractivity contribution in [1.82, 2.24) is 60.0 Å². The van der Waals surface area contributed by atoms with Crippen LogP contribution in [0.1, 0.15) is 189 Å². The molecule has 554 valence electrons. The molecule has 4 heterocycles. The molecular weight excluding hydrogens is 1310 g/mol. The molecule has 4 saturated heterocycles. The van der Waals surface area contributed by atoms with Gasteiger partial charge in [-0.3, -0.25) is 57.5 Å². The molecule has 0 bridgehead atoms. The average molecular weight is 1420 g/mol. The zero-order chi connectivity index (χ0) is 73.1. The van der Waals surface area contributed by atoms with Gasteiger partial charge in [-0.15, -0.1) is 23.9 Å². The van der Waals surface area contributed by atoms with Crippen LogP contribution in [0.3, 0.4) is 0 Å². The number of terminal acetylenes is 1. The number of alkyl halides is 4. The van der Waals surface area contributed by atoms with Crippen LogP contribution in [-0.2, 0) is 57.5 Å². The number of amides is 12. The molecule has 0 radical (unpaired) electrons. The molecular formula is C71H110ClF3N12O12. The maximum Gasteiger partial charge on any atom is 0.393 e. The summed E-state index contributed by atoms with van der Waals surface area (Å²) in [4.78, 5) is 191. The molecule has 7 fully saturated rings. The fourth-order valence-electron chi connectivity index (χ4n) is 16.1. The summed E-state index contributed by atoms with van der Waals surface area (Å²) in [6.45, 7) is 8.80. The summed E-state index contributed by atoms with van der Waals surface area (Å²) in [6, 6.07) is -11.2. The van der Waals surface area contributed by atoms with Crippen molar-refractivity contribution in [2.75, 3.05) is 75.0 Å². The Kier molecular flexibility index (Phi) is 28.0. The van der Waals surface area contributed by atoms with Crippen molar-refractivity contribution >= 4 is 82.5 Å². The Bertz CT molecular complexity index is 2990. The summed E-state index contributed by atoms with van der Waals surface area (Å²) in [6.07, 6.45) is 9.70. The molecule has 12 amide bonds. The monoisotopic (exact) mass is 1410 g/mol. The van der Waals surface area contributed by atoms with Gasteiger partial charge in [0.1, 0.15) is 59.9 Å². The molecule has 13 atom stereocenters. The van der Waals surface area contributed by atoms with Crippen LogP contribution in [0.15, 0.2) is 0 Å². The van der Waals surface area contributed by atoms with Crippen molar-refractivity contribution in [3.05, 3.63) is 0 Å². The maximum absolute atomic E-state index is 15.4. The molecule has 28 heteroatoms. The van der Waals surface area contributed by atoms with E-state index < -0.39 is 173 Å². The highest BCUT2D eigenvalue weighted by atomic mass is 35.5. The third-order valence-electron chi connectivity index (χ3n) is 22.9. The first-order chi connectivity index (χ1) is 46.7. The second-order valence-corrected chi connectivity index (χ2v) is 30.4. The number of fused-ring (bicyclic) bond motifs is 2. The van der Waals surface area contributed by atoms with Crippen molar-refractivity contribution in [1.29, 1.82) is 0 Å². The van der Waals surface area contributed by atoms with Gasteiger partial charge in [0.2, 0.25) is 70.9 Å². The lowest BCUT2D eigenvalue weighted by Crippen LogP contribution is -2.65. The standard InChI is InChI=1S/C71H110ClF3N12O12/c1-13-24-51-60(90)77-58(44(5)14-2)67(97)80(8)45(6)62(92)87-38-32-53(87)65(95)82(10)54(40-46-25-17-15-18-26-46)64(94)79(7)42-56(88)76-50(31-29-47-28-30-48(49(72)39-47)71(73,74)75)63(93)86-37-23-27-52(86)61(91)78-70(33-19-20-34-70)69(99)84(12)59(43(3)4)68(98)83(11)55(41-57(89)81(51)9)66(96)85-35-21-16-22-36-85/h1,43-55,58-59H,14-42H2,2-12H3,(H,76,88)(H,77,90)(H,78,91)/t44-,45-,47?,48?,49?,50-,51-,52-,53-,54-,55-,58-,59-/m0/s1. The largest absolute Gasteiger partial charge is 0.393 e. The Hall–Kier alpha value is -6.72.